The largest absolute Gasteiger partial charge is 0.350 e. The van der Waals surface area contributed by atoms with E-state index in [9.17, 15) is 57.5 Å². The van der Waals surface area contributed by atoms with Gasteiger partial charge in [0, 0.05) is 90.3 Å². The van der Waals surface area contributed by atoms with Crippen LogP contribution in [0.2, 0.25) is 0 Å². The van der Waals surface area contributed by atoms with Crippen molar-refractivity contribution in [1.29, 1.82) is 0 Å². The second-order valence-electron chi connectivity index (χ2n) is 14.4. The Balaban J connectivity index is 1.30. The predicted molar refractivity (Wildman–Crippen MR) is 188 cm³/mol. The molecule has 0 aromatic rings. The highest BCUT2D eigenvalue weighted by Gasteiger charge is 2.59. The lowest BCUT2D eigenvalue weighted by Gasteiger charge is -2.32. The van der Waals surface area contributed by atoms with Crippen LogP contribution in [0.15, 0.2) is 48.6 Å². The van der Waals surface area contributed by atoms with Gasteiger partial charge in [-0.1, -0.05) is 0 Å². The Labute approximate surface area is 322 Å². The number of urea groups is 3. The van der Waals surface area contributed by atoms with Crippen LogP contribution in [0.25, 0.3) is 0 Å². The first-order valence-corrected chi connectivity index (χ1v) is 17.9. The Bertz CT molecular complexity index is 1940. The van der Waals surface area contributed by atoms with Crippen molar-refractivity contribution in [2.24, 2.45) is 17.4 Å². The third kappa shape index (κ3) is 8.45. The summed E-state index contributed by atoms with van der Waals surface area (Å²) in [7, 11) is 0. The van der Waals surface area contributed by atoms with E-state index in [1.807, 2.05) is 0 Å². The van der Waals surface area contributed by atoms with Gasteiger partial charge in [-0.05, 0) is 44.9 Å². The van der Waals surface area contributed by atoms with Gasteiger partial charge >= 0.3 is 18.1 Å². The number of fused-ring (bicyclic) bond motifs is 1. The van der Waals surface area contributed by atoms with Crippen LogP contribution in [0, 0.1) is 5.92 Å². The molecular formula is C35H38N10O12. The molecule has 6 rings (SSSR count). The van der Waals surface area contributed by atoms with Crippen molar-refractivity contribution in [3.8, 4) is 0 Å². The highest BCUT2D eigenvalue weighted by Crippen LogP contribution is 2.51. The van der Waals surface area contributed by atoms with Crippen molar-refractivity contribution in [3.63, 3.8) is 0 Å². The highest BCUT2D eigenvalue weighted by molar-refractivity contribution is 6.24. The first kappa shape index (κ1) is 40.0. The molecule has 0 radical (unpaired) electrons. The Morgan fingerprint density at radius 2 is 1.05 bits per heavy atom. The van der Waals surface area contributed by atoms with E-state index in [1.165, 1.54) is 0 Å². The minimum Gasteiger partial charge on any atom is -0.350 e. The number of hydrogen-bond acceptors (Lipinski definition) is 14. The van der Waals surface area contributed by atoms with E-state index in [-0.39, 0.29) is 44.9 Å². The summed E-state index contributed by atoms with van der Waals surface area (Å²) in [5.74, 6) is -8.26. The van der Waals surface area contributed by atoms with Gasteiger partial charge in [0.2, 0.25) is 5.91 Å². The van der Waals surface area contributed by atoms with Crippen LogP contribution in [0.5, 0.6) is 0 Å². The molecule has 6 unspecified atom stereocenters. The van der Waals surface area contributed by atoms with Crippen molar-refractivity contribution < 1.29 is 57.5 Å². The molecule has 0 bridgehead atoms. The number of carbonyl (C=O) groups excluding carboxylic acids is 12. The van der Waals surface area contributed by atoms with Gasteiger partial charge in [0.05, 0.1) is 0 Å². The number of rotatable bonds is 6. The fourth-order valence-electron chi connectivity index (χ4n) is 7.60. The van der Waals surface area contributed by atoms with Crippen molar-refractivity contribution in [2.45, 2.75) is 80.7 Å². The average Bonchev–Trinajstić information content (AvgIpc) is 3.37. The molecule has 22 heteroatoms. The fraction of sp³-hybridized carbons (Fsp3) is 0.429. The zero-order valence-electron chi connectivity index (χ0n) is 30.1. The molecule has 4 aliphatic heterocycles. The third-order valence-corrected chi connectivity index (χ3v) is 10.6. The molecule has 0 spiro atoms. The maximum absolute atomic E-state index is 13.5. The second kappa shape index (κ2) is 15.8. The van der Waals surface area contributed by atoms with E-state index in [0.29, 0.717) is 19.6 Å². The van der Waals surface area contributed by atoms with E-state index in [4.69, 9.17) is 11.5 Å². The molecule has 4 heterocycles. The van der Waals surface area contributed by atoms with E-state index >= 15 is 0 Å². The molecule has 0 aromatic carbocycles. The van der Waals surface area contributed by atoms with Crippen LogP contribution < -0.4 is 32.7 Å². The SMILES string of the molecule is NC1CCC(NC(=O)N2C(=O)C=CC2=O)C2CC2(NC(=O)N2C(=O)C=CC2=O)CC[C@@H](NC(=O)N2C(=O)C=CC2=O)CC(N)C(NC(=O)CN2C(=O)C=CC2=O)C1. The van der Waals surface area contributed by atoms with Crippen molar-refractivity contribution in [1.82, 2.24) is 40.9 Å². The molecule has 22 nitrogen and oxygen atoms in total. The molecule has 2 fully saturated rings. The third-order valence-electron chi connectivity index (χ3n) is 10.6. The summed E-state index contributed by atoms with van der Waals surface area (Å²) in [4.78, 5) is 154. The van der Waals surface area contributed by atoms with Crippen LogP contribution in [0.3, 0.4) is 0 Å². The number of hydrogen-bond donors (Lipinski definition) is 6. The van der Waals surface area contributed by atoms with Gasteiger partial charge in [-0.15, -0.1) is 0 Å². The standard InChI is InChI=1S/C35H38N10O12/c36-17-1-2-21(40-33(56)44-28(51)7-8-29(44)52)19-15-35(19,41-34(57)45-30(53)9-10-31(45)54)12-11-18(38-32(55)43-26(49)5-6-27(43)50)14-20(37)22(13-17)39-23(46)16-42-24(47)3-4-25(42)48/h3-10,17-22H,1-2,11-16,36-37H2,(H,38,55)(H,39,46)(H,40,56)(H,41,57)/t17?,18-,19?,20?,21?,22?,35?/m1/s1. The van der Waals surface area contributed by atoms with Gasteiger partial charge in [0.15, 0.2) is 0 Å². The first-order chi connectivity index (χ1) is 27.0. The predicted octanol–water partition coefficient (Wildman–Crippen LogP) is -3.20. The minimum absolute atomic E-state index is 0.0207. The quantitative estimate of drug-likeness (QED) is 0.145. The summed E-state index contributed by atoms with van der Waals surface area (Å²) < 4.78 is 0. The number of carbonyl (C=O) groups is 12. The molecular weight excluding hydrogens is 752 g/mol. The van der Waals surface area contributed by atoms with Gasteiger partial charge in [-0.25, -0.2) is 14.4 Å². The van der Waals surface area contributed by atoms with Gasteiger partial charge in [0.1, 0.15) is 6.54 Å². The van der Waals surface area contributed by atoms with Crippen LogP contribution in [0.4, 0.5) is 14.4 Å². The summed E-state index contributed by atoms with van der Waals surface area (Å²) >= 11 is 0. The Kier molecular flexibility index (Phi) is 11.1. The van der Waals surface area contributed by atoms with Crippen molar-refractivity contribution in [2.75, 3.05) is 6.54 Å². The van der Waals surface area contributed by atoms with Crippen molar-refractivity contribution >= 4 is 71.3 Å². The van der Waals surface area contributed by atoms with E-state index in [0.717, 1.165) is 48.6 Å². The number of nitrogens with zero attached hydrogens (tertiary/aromatic N) is 4. The molecule has 2 aliphatic carbocycles. The first-order valence-electron chi connectivity index (χ1n) is 17.9. The summed E-state index contributed by atoms with van der Waals surface area (Å²) in [5, 5.41) is 10.8. The summed E-state index contributed by atoms with van der Waals surface area (Å²) in [6, 6.07) is -7.91. The second-order valence-corrected chi connectivity index (χ2v) is 14.4. The summed E-state index contributed by atoms with van der Waals surface area (Å²) in [6.07, 6.45) is 7.56. The summed E-state index contributed by atoms with van der Waals surface area (Å²) in [6.45, 7) is -0.645. The molecule has 2 saturated carbocycles. The number of amides is 15. The lowest BCUT2D eigenvalue weighted by atomic mass is 9.91. The average molecular weight is 791 g/mol. The van der Waals surface area contributed by atoms with Crippen LogP contribution in [-0.2, 0) is 43.2 Å². The van der Waals surface area contributed by atoms with E-state index in [1.54, 1.807) is 0 Å². The minimum atomic E-state index is -1.29. The van der Waals surface area contributed by atoms with E-state index < -0.39 is 119 Å². The Morgan fingerprint density at radius 3 is 1.58 bits per heavy atom. The lowest BCUT2D eigenvalue weighted by molar-refractivity contribution is -0.141. The molecule has 0 aromatic heterocycles. The maximum Gasteiger partial charge on any atom is 0.332 e. The monoisotopic (exact) mass is 790 g/mol. The molecule has 0 saturated heterocycles. The van der Waals surface area contributed by atoms with Crippen LogP contribution in [-0.4, -0.2) is 133 Å². The van der Waals surface area contributed by atoms with Gasteiger partial charge < -0.3 is 32.7 Å². The highest BCUT2D eigenvalue weighted by atomic mass is 16.2. The number of nitrogens with two attached hydrogens (primary N) is 2. The molecule has 300 valence electrons. The topological polar surface area (TPSA) is 318 Å². The van der Waals surface area contributed by atoms with E-state index in [2.05, 4.69) is 21.3 Å². The number of imide groups is 10. The molecule has 7 atom stereocenters. The summed E-state index contributed by atoms with van der Waals surface area (Å²) in [5.41, 5.74) is 12.0. The zero-order valence-corrected chi connectivity index (χ0v) is 30.1. The molecule has 8 N–H and O–H groups in total. The molecule has 6 aliphatic rings. The van der Waals surface area contributed by atoms with Crippen LogP contribution in [0.1, 0.15) is 44.9 Å². The Hall–Kier alpha value is -6.68. The molecule has 57 heavy (non-hydrogen) atoms. The van der Waals surface area contributed by atoms with Crippen LogP contribution >= 0.6 is 0 Å². The van der Waals surface area contributed by atoms with Gasteiger partial charge in [-0.2, -0.15) is 14.7 Å². The Morgan fingerprint density at radius 1 is 0.579 bits per heavy atom. The maximum atomic E-state index is 13.5. The van der Waals surface area contributed by atoms with Crippen molar-refractivity contribution in [3.05, 3.63) is 48.6 Å². The molecule has 15 amide bonds. The lowest BCUT2D eigenvalue weighted by Crippen LogP contribution is -2.56. The van der Waals surface area contributed by atoms with Gasteiger partial charge in [0.25, 0.3) is 47.3 Å². The number of nitrogens with one attached hydrogen (secondary N) is 4. The fourth-order valence-corrected chi connectivity index (χ4v) is 7.60. The zero-order chi connectivity index (χ0) is 41.3. The van der Waals surface area contributed by atoms with Gasteiger partial charge in [-0.3, -0.25) is 48.1 Å². The smallest absolute Gasteiger partial charge is 0.332 e. The normalized spacial score (nSPS) is 30.1.